The molecule has 104 valence electrons. The van der Waals surface area contributed by atoms with Gasteiger partial charge < -0.3 is 16.2 Å². The predicted octanol–water partition coefficient (Wildman–Crippen LogP) is 1.62. The Morgan fingerprint density at radius 2 is 2.11 bits per heavy atom. The Morgan fingerprint density at radius 1 is 1.37 bits per heavy atom. The summed E-state index contributed by atoms with van der Waals surface area (Å²) >= 11 is 0. The molecule has 1 amide bonds. The number of carbonyl (C=O) groups excluding carboxylic acids is 1. The van der Waals surface area contributed by atoms with Crippen molar-refractivity contribution in [3.05, 3.63) is 29.8 Å². The summed E-state index contributed by atoms with van der Waals surface area (Å²) in [5.41, 5.74) is 7.13. The summed E-state index contributed by atoms with van der Waals surface area (Å²) < 4.78 is 0. The second kappa shape index (κ2) is 6.06. The Hall–Kier alpha value is -1.55. The summed E-state index contributed by atoms with van der Waals surface area (Å²) in [6.45, 7) is 0.0387. The minimum atomic E-state index is -0.368. The lowest BCUT2D eigenvalue weighted by atomic mass is 9.98. The van der Waals surface area contributed by atoms with E-state index in [0.717, 1.165) is 36.9 Å². The van der Waals surface area contributed by atoms with Crippen molar-refractivity contribution in [1.82, 2.24) is 5.32 Å². The number of nitrogens with two attached hydrogens (primary N) is 1. The second-order valence-corrected chi connectivity index (χ2v) is 5.44. The number of nitrogen functional groups attached to an aromatic ring is 1. The highest BCUT2D eigenvalue weighted by Gasteiger charge is 2.34. The summed E-state index contributed by atoms with van der Waals surface area (Å²) in [5.74, 6) is 0.0124. The SMILES string of the molecule is Nc1cccc(CCC(=O)NC2(CO)CCCC2)c1. The minimum absolute atomic E-state index is 0.0124. The third-order valence-electron chi connectivity index (χ3n) is 3.86. The van der Waals surface area contributed by atoms with Gasteiger partial charge in [0.2, 0.25) is 5.91 Å². The van der Waals surface area contributed by atoms with Crippen molar-refractivity contribution in [1.29, 1.82) is 0 Å². The zero-order chi connectivity index (χ0) is 13.7. The molecule has 0 atom stereocenters. The molecule has 1 aromatic carbocycles. The van der Waals surface area contributed by atoms with Crippen LogP contribution >= 0.6 is 0 Å². The van der Waals surface area contributed by atoms with Gasteiger partial charge in [-0.1, -0.05) is 25.0 Å². The van der Waals surface area contributed by atoms with Crippen LogP contribution in [-0.4, -0.2) is 23.2 Å². The Bertz CT molecular complexity index is 440. The molecule has 4 N–H and O–H groups in total. The number of rotatable bonds is 5. The molecule has 19 heavy (non-hydrogen) atoms. The Labute approximate surface area is 114 Å². The third-order valence-corrected chi connectivity index (χ3v) is 3.86. The molecule has 1 aliphatic rings. The molecule has 1 saturated carbocycles. The van der Waals surface area contributed by atoms with Crippen LogP contribution in [0.4, 0.5) is 5.69 Å². The van der Waals surface area contributed by atoms with Crippen molar-refractivity contribution in [3.63, 3.8) is 0 Å². The van der Waals surface area contributed by atoms with Crippen molar-refractivity contribution in [2.24, 2.45) is 0 Å². The molecule has 0 unspecified atom stereocenters. The van der Waals surface area contributed by atoms with Crippen molar-refractivity contribution >= 4 is 11.6 Å². The van der Waals surface area contributed by atoms with E-state index in [4.69, 9.17) is 5.73 Å². The number of anilines is 1. The van der Waals surface area contributed by atoms with Gasteiger partial charge in [0.1, 0.15) is 0 Å². The molecular formula is C15H22N2O2. The monoisotopic (exact) mass is 262 g/mol. The molecule has 1 aromatic rings. The quantitative estimate of drug-likeness (QED) is 0.706. The highest BCUT2D eigenvalue weighted by molar-refractivity contribution is 5.77. The zero-order valence-corrected chi connectivity index (χ0v) is 11.2. The fraction of sp³-hybridized carbons (Fsp3) is 0.533. The molecule has 4 nitrogen and oxygen atoms in total. The van der Waals surface area contributed by atoms with Crippen molar-refractivity contribution < 1.29 is 9.90 Å². The van der Waals surface area contributed by atoms with E-state index in [0.29, 0.717) is 12.8 Å². The maximum atomic E-state index is 12.0. The van der Waals surface area contributed by atoms with Crippen molar-refractivity contribution in [2.45, 2.75) is 44.1 Å². The second-order valence-electron chi connectivity index (χ2n) is 5.44. The summed E-state index contributed by atoms with van der Waals surface area (Å²) in [5, 5.41) is 12.5. The number of benzene rings is 1. The summed E-state index contributed by atoms with van der Waals surface area (Å²) in [6.07, 6.45) is 5.04. The molecule has 1 aliphatic carbocycles. The van der Waals surface area contributed by atoms with Crippen LogP contribution in [0.15, 0.2) is 24.3 Å². The van der Waals surface area contributed by atoms with Gasteiger partial charge in [0, 0.05) is 12.1 Å². The summed E-state index contributed by atoms with van der Waals surface area (Å²) in [6, 6.07) is 7.60. The van der Waals surface area contributed by atoms with Crippen LogP contribution in [0.3, 0.4) is 0 Å². The number of hydrogen-bond acceptors (Lipinski definition) is 3. The van der Waals surface area contributed by atoms with E-state index in [1.165, 1.54) is 0 Å². The van der Waals surface area contributed by atoms with Gasteiger partial charge in [-0.05, 0) is 37.0 Å². The lowest BCUT2D eigenvalue weighted by Gasteiger charge is -2.28. The van der Waals surface area contributed by atoms with E-state index < -0.39 is 0 Å². The molecule has 0 aliphatic heterocycles. The maximum absolute atomic E-state index is 12.0. The van der Waals surface area contributed by atoms with E-state index in [1.807, 2.05) is 24.3 Å². The van der Waals surface area contributed by atoms with Crippen molar-refractivity contribution in [3.8, 4) is 0 Å². The maximum Gasteiger partial charge on any atom is 0.220 e. The molecule has 0 aromatic heterocycles. The standard InChI is InChI=1S/C15H22N2O2/c16-13-5-3-4-12(10-13)6-7-14(19)17-15(11-18)8-1-2-9-15/h3-5,10,18H,1-2,6-9,11,16H2,(H,17,19). The Morgan fingerprint density at radius 3 is 2.74 bits per heavy atom. The number of nitrogens with one attached hydrogen (secondary N) is 1. The van der Waals surface area contributed by atoms with Gasteiger partial charge in [0.05, 0.1) is 12.1 Å². The fourth-order valence-electron chi connectivity index (χ4n) is 2.74. The van der Waals surface area contributed by atoms with Crippen LogP contribution in [0.5, 0.6) is 0 Å². The van der Waals surface area contributed by atoms with E-state index in [1.54, 1.807) is 0 Å². The van der Waals surface area contributed by atoms with Crippen LogP contribution in [0, 0.1) is 0 Å². The smallest absolute Gasteiger partial charge is 0.220 e. The van der Waals surface area contributed by atoms with Gasteiger partial charge in [-0.25, -0.2) is 0 Å². The first kappa shape index (κ1) is 13.9. The van der Waals surface area contributed by atoms with Gasteiger partial charge in [-0.3, -0.25) is 4.79 Å². The number of hydrogen-bond donors (Lipinski definition) is 3. The largest absolute Gasteiger partial charge is 0.399 e. The fourth-order valence-corrected chi connectivity index (χ4v) is 2.74. The average Bonchev–Trinajstić information content (AvgIpc) is 2.86. The highest BCUT2D eigenvalue weighted by atomic mass is 16.3. The van der Waals surface area contributed by atoms with Crippen LogP contribution in [0.2, 0.25) is 0 Å². The molecule has 1 fully saturated rings. The summed E-state index contributed by atoms with van der Waals surface area (Å²) in [7, 11) is 0. The normalized spacial score (nSPS) is 17.3. The molecule has 4 heteroatoms. The topological polar surface area (TPSA) is 75.4 Å². The Kier molecular flexibility index (Phi) is 4.43. The molecule has 0 spiro atoms. The van der Waals surface area contributed by atoms with Gasteiger partial charge in [0.15, 0.2) is 0 Å². The lowest BCUT2D eigenvalue weighted by molar-refractivity contribution is -0.123. The number of aliphatic hydroxyl groups excluding tert-OH is 1. The average molecular weight is 262 g/mol. The predicted molar refractivity (Wildman–Crippen MR) is 75.6 cm³/mol. The van der Waals surface area contributed by atoms with E-state index in [-0.39, 0.29) is 18.1 Å². The van der Waals surface area contributed by atoms with Crippen LogP contribution in [0.25, 0.3) is 0 Å². The first-order chi connectivity index (χ1) is 9.13. The molecule has 2 rings (SSSR count). The van der Waals surface area contributed by atoms with Gasteiger partial charge >= 0.3 is 0 Å². The van der Waals surface area contributed by atoms with Crippen molar-refractivity contribution in [2.75, 3.05) is 12.3 Å². The molecule has 0 saturated heterocycles. The lowest BCUT2D eigenvalue weighted by Crippen LogP contribution is -2.49. The molecule has 0 bridgehead atoms. The summed E-state index contributed by atoms with van der Waals surface area (Å²) in [4.78, 5) is 12.0. The first-order valence-electron chi connectivity index (χ1n) is 6.90. The number of carbonyl (C=O) groups is 1. The first-order valence-corrected chi connectivity index (χ1v) is 6.90. The Balaban J connectivity index is 1.84. The molecule has 0 radical (unpaired) electrons. The number of aryl methyl sites for hydroxylation is 1. The van der Waals surface area contributed by atoms with E-state index in [9.17, 15) is 9.90 Å². The van der Waals surface area contributed by atoms with Gasteiger partial charge in [-0.15, -0.1) is 0 Å². The number of amides is 1. The van der Waals surface area contributed by atoms with Crippen LogP contribution in [0.1, 0.15) is 37.7 Å². The van der Waals surface area contributed by atoms with Crippen LogP contribution < -0.4 is 11.1 Å². The number of aliphatic hydroxyl groups is 1. The van der Waals surface area contributed by atoms with Gasteiger partial charge in [0.25, 0.3) is 0 Å². The molecule has 0 heterocycles. The zero-order valence-electron chi connectivity index (χ0n) is 11.2. The highest BCUT2D eigenvalue weighted by Crippen LogP contribution is 2.29. The van der Waals surface area contributed by atoms with E-state index in [2.05, 4.69) is 5.32 Å². The minimum Gasteiger partial charge on any atom is -0.399 e. The van der Waals surface area contributed by atoms with Gasteiger partial charge in [-0.2, -0.15) is 0 Å². The molecular weight excluding hydrogens is 240 g/mol. The van der Waals surface area contributed by atoms with Crippen LogP contribution in [-0.2, 0) is 11.2 Å². The third kappa shape index (κ3) is 3.70. The van der Waals surface area contributed by atoms with E-state index >= 15 is 0 Å².